The Morgan fingerprint density at radius 1 is 1.21 bits per heavy atom. The maximum atomic E-state index is 12.8. The Balaban J connectivity index is 1.44. The number of aryl methyl sites for hydroxylation is 5. The van der Waals surface area contributed by atoms with E-state index in [1.54, 1.807) is 11.8 Å². The first kappa shape index (κ1) is 23.3. The van der Waals surface area contributed by atoms with Crippen molar-refractivity contribution in [2.45, 2.75) is 51.3 Å². The molecular formula is C24H27N5O2S2. The molecule has 7 nitrogen and oxygen atoms in total. The summed E-state index contributed by atoms with van der Waals surface area (Å²) in [4.78, 5) is 35.4. The van der Waals surface area contributed by atoms with E-state index in [0.717, 1.165) is 18.5 Å². The summed E-state index contributed by atoms with van der Waals surface area (Å²) in [5.41, 5.74) is 3.99. The lowest BCUT2D eigenvalue weighted by Gasteiger charge is -2.06. The van der Waals surface area contributed by atoms with Crippen LogP contribution in [0.25, 0.3) is 10.2 Å². The molecule has 3 heterocycles. The molecule has 0 unspecified atom stereocenters. The zero-order chi connectivity index (χ0) is 23.5. The lowest BCUT2D eigenvalue weighted by molar-refractivity contribution is 0.0956. The van der Waals surface area contributed by atoms with E-state index < -0.39 is 0 Å². The van der Waals surface area contributed by atoms with Crippen LogP contribution in [-0.2, 0) is 12.3 Å². The van der Waals surface area contributed by atoms with Gasteiger partial charge in [-0.3, -0.25) is 14.3 Å². The van der Waals surface area contributed by atoms with Gasteiger partial charge in [-0.15, -0.1) is 23.1 Å². The Hall–Kier alpha value is -2.91. The number of thioether (sulfide) groups is 1. The minimum atomic E-state index is -0.196. The van der Waals surface area contributed by atoms with E-state index in [1.807, 2.05) is 30.9 Å². The Labute approximate surface area is 200 Å². The number of H-pyrrole nitrogens is 1. The van der Waals surface area contributed by atoms with Crippen LogP contribution in [0.1, 0.15) is 44.2 Å². The number of aromatic amines is 1. The lowest BCUT2D eigenvalue weighted by Crippen LogP contribution is -2.25. The monoisotopic (exact) mass is 481 g/mol. The van der Waals surface area contributed by atoms with Gasteiger partial charge in [0.15, 0.2) is 0 Å². The van der Waals surface area contributed by atoms with Crippen LogP contribution >= 0.6 is 23.1 Å². The van der Waals surface area contributed by atoms with Crippen molar-refractivity contribution in [2.75, 3.05) is 6.54 Å². The van der Waals surface area contributed by atoms with Crippen molar-refractivity contribution in [3.63, 3.8) is 0 Å². The van der Waals surface area contributed by atoms with Crippen LogP contribution in [0.15, 0.2) is 40.3 Å². The highest BCUT2D eigenvalue weighted by molar-refractivity contribution is 7.98. The number of fused-ring (bicyclic) bond motifs is 1. The predicted molar refractivity (Wildman–Crippen MR) is 134 cm³/mol. The normalized spacial score (nSPS) is 11.3. The molecule has 0 saturated carbocycles. The van der Waals surface area contributed by atoms with Gasteiger partial charge in [-0.25, -0.2) is 4.98 Å². The fourth-order valence-electron chi connectivity index (χ4n) is 3.59. The fourth-order valence-corrected chi connectivity index (χ4v) is 5.71. The van der Waals surface area contributed by atoms with Gasteiger partial charge in [0.05, 0.1) is 22.2 Å². The van der Waals surface area contributed by atoms with Crippen LogP contribution in [0.3, 0.4) is 0 Å². The molecule has 0 bridgehead atoms. The summed E-state index contributed by atoms with van der Waals surface area (Å²) in [6.45, 7) is 9.22. The highest BCUT2D eigenvalue weighted by Gasteiger charge is 2.19. The quantitative estimate of drug-likeness (QED) is 0.285. The molecule has 0 radical (unpaired) electrons. The van der Waals surface area contributed by atoms with Crippen molar-refractivity contribution in [1.82, 2.24) is 25.1 Å². The summed E-state index contributed by atoms with van der Waals surface area (Å²) in [6, 6.07) is 6.33. The maximum absolute atomic E-state index is 12.8. The summed E-state index contributed by atoms with van der Waals surface area (Å²) in [7, 11) is 0. The van der Waals surface area contributed by atoms with Gasteiger partial charge in [-0.05, 0) is 56.9 Å². The second kappa shape index (κ2) is 9.93. The average molecular weight is 482 g/mol. The Kier molecular flexibility index (Phi) is 6.99. The van der Waals surface area contributed by atoms with Gasteiger partial charge < -0.3 is 10.3 Å². The molecule has 0 aliphatic rings. The third kappa shape index (κ3) is 5.36. The molecule has 1 aromatic carbocycles. The average Bonchev–Trinajstić information content (AvgIpc) is 3.34. The third-order valence-corrected chi connectivity index (χ3v) is 7.73. The van der Waals surface area contributed by atoms with Gasteiger partial charge in [-0.2, -0.15) is 5.10 Å². The predicted octanol–water partition coefficient (Wildman–Crippen LogP) is 4.53. The van der Waals surface area contributed by atoms with Gasteiger partial charge in [0, 0.05) is 24.2 Å². The number of thiophene rings is 1. The Morgan fingerprint density at radius 3 is 2.79 bits per heavy atom. The van der Waals surface area contributed by atoms with Crippen molar-refractivity contribution < 1.29 is 4.79 Å². The first-order valence-corrected chi connectivity index (χ1v) is 12.6. The summed E-state index contributed by atoms with van der Waals surface area (Å²) >= 11 is 2.92. The first-order valence-electron chi connectivity index (χ1n) is 10.8. The highest BCUT2D eigenvalue weighted by atomic mass is 32.2. The molecule has 1 amide bonds. The van der Waals surface area contributed by atoms with Crippen LogP contribution in [0.4, 0.5) is 0 Å². The van der Waals surface area contributed by atoms with Gasteiger partial charge in [0.25, 0.3) is 11.5 Å². The van der Waals surface area contributed by atoms with E-state index in [4.69, 9.17) is 0 Å². The standard InChI is InChI=1S/C24H27N5O2S2/c1-14-6-7-16(3)18(10-14)32-13-19-27-22(30)20-17(4)21(33-24(20)28-19)23(31)25-8-5-9-29-12-15(2)11-26-29/h6-7,10-12H,5,8-9,13H2,1-4H3,(H,25,31)(H,27,28,30). The zero-order valence-electron chi connectivity index (χ0n) is 19.2. The van der Waals surface area contributed by atoms with Crippen molar-refractivity contribution in [3.8, 4) is 0 Å². The molecule has 0 saturated heterocycles. The number of amides is 1. The molecule has 0 fully saturated rings. The molecular weight excluding hydrogens is 454 g/mol. The number of rotatable bonds is 8. The number of aromatic nitrogens is 4. The van der Waals surface area contributed by atoms with Crippen LogP contribution in [0.2, 0.25) is 0 Å². The maximum Gasteiger partial charge on any atom is 0.261 e. The van der Waals surface area contributed by atoms with Crippen molar-refractivity contribution in [2.24, 2.45) is 0 Å². The summed E-state index contributed by atoms with van der Waals surface area (Å²) in [5, 5.41) is 7.71. The minimum absolute atomic E-state index is 0.169. The first-order chi connectivity index (χ1) is 15.8. The van der Waals surface area contributed by atoms with Gasteiger partial charge >= 0.3 is 0 Å². The van der Waals surface area contributed by atoms with Crippen LogP contribution in [-0.4, -0.2) is 32.2 Å². The van der Waals surface area contributed by atoms with Gasteiger partial charge in [-0.1, -0.05) is 17.7 Å². The molecule has 172 valence electrons. The lowest BCUT2D eigenvalue weighted by atomic mass is 10.2. The highest BCUT2D eigenvalue weighted by Crippen LogP contribution is 2.29. The van der Waals surface area contributed by atoms with E-state index >= 15 is 0 Å². The molecule has 0 spiro atoms. The molecule has 3 aromatic heterocycles. The second-order valence-corrected chi connectivity index (χ2v) is 10.2. The summed E-state index contributed by atoms with van der Waals surface area (Å²) in [6.07, 6.45) is 4.57. The zero-order valence-corrected chi connectivity index (χ0v) is 20.8. The number of hydrogen-bond donors (Lipinski definition) is 2. The molecule has 0 atom stereocenters. The minimum Gasteiger partial charge on any atom is -0.351 e. The molecule has 0 aliphatic heterocycles. The number of nitrogens with one attached hydrogen (secondary N) is 2. The van der Waals surface area contributed by atoms with Crippen LogP contribution < -0.4 is 10.9 Å². The Morgan fingerprint density at radius 2 is 2.03 bits per heavy atom. The summed E-state index contributed by atoms with van der Waals surface area (Å²) < 4.78 is 1.87. The van der Waals surface area contributed by atoms with Crippen molar-refractivity contribution in [3.05, 3.63) is 73.9 Å². The Bertz CT molecular complexity index is 1370. The summed E-state index contributed by atoms with van der Waals surface area (Å²) in [5.74, 6) is 1.000. The number of carbonyl (C=O) groups is 1. The molecule has 9 heteroatoms. The molecule has 33 heavy (non-hydrogen) atoms. The number of benzene rings is 1. The van der Waals surface area contributed by atoms with E-state index in [2.05, 4.69) is 52.4 Å². The second-order valence-electron chi connectivity index (χ2n) is 8.20. The molecule has 4 aromatic rings. The van der Waals surface area contributed by atoms with E-state index in [1.165, 1.54) is 27.4 Å². The fraction of sp³-hybridized carbons (Fsp3) is 0.333. The topological polar surface area (TPSA) is 92.7 Å². The van der Waals surface area contributed by atoms with Crippen LogP contribution in [0, 0.1) is 27.7 Å². The molecule has 2 N–H and O–H groups in total. The largest absolute Gasteiger partial charge is 0.351 e. The third-order valence-electron chi connectivity index (χ3n) is 5.38. The van der Waals surface area contributed by atoms with Gasteiger partial charge in [0.1, 0.15) is 10.7 Å². The van der Waals surface area contributed by atoms with Crippen molar-refractivity contribution >= 4 is 39.2 Å². The molecule has 4 rings (SSSR count). The number of carbonyl (C=O) groups excluding carboxylic acids is 1. The van der Waals surface area contributed by atoms with E-state index in [0.29, 0.717) is 38.8 Å². The number of nitrogens with zero attached hydrogens (tertiary/aromatic N) is 3. The smallest absolute Gasteiger partial charge is 0.261 e. The number of hydrogen-bond acceptors (Lipinski definition) is 6. The van der Waals surface area contributed by atoms with E-state index in [9.17, 15) is 9.59 Å². The van der Waals surface area contributed by atoms with Gasteiger partial charge in [0.2, 0.25) is 0 Å². The van der Waals surface area contributed by atoms with E-state index in [-0.39, 0.29) is 11.5 Å². The SMILES string of the molecule is Cc1ccc(C)c(SCc2nc3sc(C(=O)NCCCn4cc(C)cn4)c(C)c3c(=O)[nH]2)c1. The van der Waals surface area contributed by atoms with Crippen molar-refractivity contribution in [1.29, 1.82) is 0 Å². The van der Waals surface area contributed by atoms with Crippen LogP contribution in [0.5, 0.6) is 0 Å². The molecule has 0 aliphatic carbocycles.